The summed E-state index contributed by atoms with van der Waals surface area (Å²) in [5, 5.41) is 0. The van der Waals surface area contributed by atoms with E-state index in [1.165, 1.54) is 0 Å². The number of Topliss-reactive ketones (excluding diaryl/α,β-unsaturated/α-hetero) is 1. The number of carbonyl (C=O) groups is 1. The Kier molecular flexibility index (Phi) is 4.48. The third-order valence-electron chi connectivity index (χ3n) is 5.17. The number of hydrogen-bond donors (Lipinski definition) is 0. The number of fused-ring (bicyclic) bond motifs is 1. The summed E-state index contributed by atoms with van der Waals surface area (Å²) in [6, 6.07) is 9.85. The van der Waals surface area contributed by atoms with Gasteiger partial charge in [-0.2, -0.15) is 0 Å². The van der Waals surface area contributed by atoms with Gasteiger partial charge in [-0.1, -0.05) is 30.3 Å². The second-order valence-corrected chi connectivity index (χ2v) is 8.94. The first-order valence-corrected chi connectivity index (χ1v) is 9.51. The van der Waals surface area contributed by atoms with Crippen molar-refractivity contribution in [1.29, 1.82) is 0 Å². The molecule has 1 spiro atoms. The first-order chi connectivity index (χ1) is 12.6. The molecule has 148 valence electrons. The van der Waals surface area contributed by atoms with Gasteiger partial charge < -0.3 is 23.7 Å². The number of benzene rings is 1. The highest BCUT2D eigenvalue weighted by molar-refractivity contribution is 5.96. The van der Waals surface area contributed by atoms with Crippen LogP contribution < -0.4 is 0 Å². The van der Waals surface area contributed by atoms with Gasteiger partial charge in [-0.05, 0) is 40.2 Å². The van der Waals surface area contributed by atoms with Gasteiger partial charge in [-0.3, -0.25) is 4.79 Å². The van der Waals surface area contributed by atoms with Crippen LogP contribution in [0, 0.1) is 0 Å². The fraction of sp³-hybridized carbons (Fsp3) is 0.667. The highest BCUT2D eigenvalue weighted by Gasteiger charge is 2.73. The molecule has 0 bridgehead atoms. The molecule has 2 aliphatic heterocycles. The van der Waals surface area contributed by atoms with Crippen molar-refractivity contribution in [1.82, 2.24) is 0 Å². The molecule has 0 aromatic heterocycles. The number of ether oxygens (including phenoxy) is 5. The molecule has 1 aliphatic carbocycles. The topological polar surface area (TPSA) is 63.2 Å². The average molecular weight is 376 g/mol. The van der Waals surface area contributed by atoms with Crippen LogP contribution in [0.3, 0.4) is 0 Å². The van der Waals surface area contributed by atoms with E-state index in [9.17, 15) is 4.79 Å². The molecule has 6 heteroatoms. The molecule has 2 saturated heterocycles. The second-order valence-electron chi connectivity index (χ2n) is 8.94. The number of carbonyl (C=O) groups excluding carboxylic acids is 1. The van der Waals surface area contributed by atoms with Crippen LogP contribution in [0.2, 0.25) is 0 Å². The van der Waals surface area contributed by atoms with Gasteiger partial charge in [0.15, 0.2) is 23.5 Å². The predicted molar refractivity (Wildman–Crippen MR) is 96.9 cm³/mol. The summed E-state index contributed by atoms with van der Waals surface area (Å²) < 4.78 is 30.5. The van der Waals surface area contributed by atoms with Gasteiger partial charge in [-0.15, -0.1) is 0 Å². The van der Waals surface area contributed by atoms with Crippen LogP contribution in [0.25, 0.3) is 0 Å². The largest absolute Gasteiger partial charge is 0.369 e. The van der Waals surface area contributed by atoms with Gasteiger partial charge in [0.05, 0.1) is 12.2 Å². The van der Waals surface area contributed by atoms with E-state index in [1.54, 1.807) is 0 Å². The maximum atomic E-state index is 12.8. The van der Waals surface area contributed by atoms with Crippen molar-refractivity contribution < 1.29 is 28.5 Å². The standard InChI is InChI=1S/C21H28O6/c1-19(2,3)24-15-11-14(22)21(15)17(23-12-13-9-7-6-8-10-13)16-18(27-21)26-20(4,5)25-16/h6-10,15-18H,11-12H2,1-5H3/t15?,16-,17?,18?,21+/m0/s1. The molecule has 1 saturated carbocycles. The van der Waals surface area contributed by atoms with E-state index in [0.29, 0.717) is 13.0 Å². The first kappa shape index (κ1) is 19.0. The summed E-state index contributed by atoms with van der Waals surface area (Å²) in [5.74, 6) is -0.799. The van der Waals surface area contributed by atoms with E-state index >= 15 is 0 Å². The van der Waals surface area contributed by atoms with Crippen LogP contribution in [0.1, 0.15) is 46.6 Å². The van der Waals surface area contributed by atoms with Gasteiger partial charge in [0.25, 0.3) is 0 Å². The van der Waals surface area contributed by atoms with Crippen molar-refractivity contribution >= 4 is 5.78 Å². The van der Waals surface area contributed by atoms with E-state index in [1.807, 2.05) is 65.0 Å². The molecule has 1 aromatic carbocycles. The molecular formula is C21H28O6. The Morgan fingerprint density at radius 3 is 2.44 bits per heavy atom. The zero-order valence-electron chi connectivity index (χ0n) is 16.6. The Hall–Kier alpha value is -1.31. The molecule has 5 atom stereocenters. The molecule has 6 nitrogen and oxygen atoms in total. The lowest BCUT2D eigenvalue weighted by Crippen LogP contribution is -2.69. The average Bonchev–Trinajstić information content (AvgIpc) is 3.03. The minimum absolute atomic E-state index is 0.0192. The van der Waals surface area contributed by atoms with Crippen LogP contribution in [0.5, 0.6) is 0 Å². The first-order valence-electron chi connectivity index (χ1n) is 9.51. The molecule has 3 aliphatic rings. The minimum Gasteiger partial charge on any atom is -0.369 e. The maximum Gasteiger partial charge on any atom is 0.191 e. The van der Waals surface area contributed by atoms with E-state index < -0.39 is 35.5 Å². The lowest BCUT2D eigenvalue weighted by atomic mass is 9.71. The highest BCUT2D eigenvalue weighted by Crippen LogP contribution is 2.52. The van der Waals surface area contributed by atoms with Crippen LogP contribution in [-0.4, -0.2) is 47.4 Å². The van der Waals surface area contributed by atoms with E-state index in [-0.39, 0.29) is 11.9 Å². The van der Waals surface area contributed by atoms with Crippen molar-refractivity contribution in [2.45, 2.75) is 89.2 Å². The summed E-state index contributed by atoms with van der Waals surface area (Å²) in [7, 11) is 0. The molecule has 3 fully saturated rings. The Morgan fingerprint density at radius 2 is 1.81 bits per heavy atom. The van der Waals surface area contributed by atoms with Gasteiger partial charge >= 0.3 is 0 Å². The Labute approximate surface area is 160 Å². The van der Waals surface area contributed by atoms with Crippen LogP contribution in [-0.2, 0) is 35.1 Å². The summed E-state index contributed by atoms with van der Waals surface area (Å²) in [6.45, 7) is 9.93. The van der Waals surface area contributed by atoms with Gasteiger partial charge in [-0.25, -0.2) is 0 Å². The van der Waals surface area contributed by atoms with Gasteiger partial charge in [0.2, 0.25) is 0 Å². The molecule has 2 heterocycles. The van der Waals surface area contributed by atoms with Crippen LogP contribution >= 0.6 is 0 Å². The number of hydrogen-bond acceptors (Lipinski definition) is 6. The quantitative estimate of drug-likeness (QED) is 0.805. The summed E-state index contributed by atoms with van der Waals surface area (Å²) in [5.41, 5.74) is -0.549. The van der Waals surface area contributed by atoms with Crippen molar-refractivity contribution in [2.24, 2.45) is 0 Å². The SMILES string of the molecule is CC(C)(C)OC1CC(=O)[C@@]12OC1OC(C)(C)O[C@H]1C2OCc1ccccc1. The lowest BCUT2D eigenvalue weighted by molar-refractivity contribution is -0.285. The Balaban J connectivity index is 1.60. The third kappa shape index (κ3) is 3.34. The van der Waals surface area contributed by atoms with E-state index in [2.05, 4.69) is 0 Å². The predicted octanol–water partition coefficient (Wildman–Crippen LogP) is 2.97. The second kappa shape index (κ2) is 6.36. The van der Waals surface area contributed by atoms with Crippen LogP contribution in [0.15, 0.2) is 30.3 Å². The molecule has 1 aromatic rings. The zero-order valence-corrected chi connectivity index (χ0v) is 16.6. The molecule has 0 amide bonds. The number of ketones is 1. The monoisotopic (exact) mass is 376 g/mol. The van der Waals surface area contributed by atoms with E-state index in [4.69, 9.17) is 23.7 Å². The van der Waals surface area contributed by atoms with E-state index in [0.717, 1.165) is 5.56 Å². The number of rotatable bonds is 4. The van der Waals surface area contributed by atoms with Gasteiger partial charge in [0, 0.05) is 6.42 Å². The summed E-state index contributed by atoms with van der Waals surface area (Å²) in [6.07, 6.45) is -1.77. The highest BCUT2D eigenvalue weighted by atomic mass is 16.8. The Bertz CT molecular complexity index is 709. The smallest absolute Gasteiger partial charge is 0.191 e. The lowest BCUT2D eigenvalue weighted by Gasteiger charge is -2.49. The van der Waals surface area contributed by atoms with Gasteiger partial charge in [0.1, 0.15) is 18.3 Å². The normalized spacial score (nSPS) is 37.4. The molecule has 0 radical (unpaired) electrons. The Morgan fingerprint density at radius 1 is 1.11 bits per heavy atom. The third-order valence-corrected chi connectivity index (χ3v) is 5.17. The zero-order chi connectivity index (χ0) is 19.4. The molecule has 3 unspecified atom stereocenters. The van der Waals surface area contributed by atoms with Crippen molar-refractivity contribution in [3.8, 4) is 0 Å². The summed E-state index contributed by atoms with van der Waals surface area (Å²) in [4.78, 5) is 12.8. The molecule has 0 N–H and O–H groups in total. The maximum absolute atomic E-state index is 12.8. The summed E-state index contributed by atoms with van der Waals surface area (Å²) >= 11 is 0. The molecule has 27 heavy (non-hydrogen) atoms. The van der Waals surface area contributed by atoms with Crippen molar-refractivity contribution in [3.63, 3.8) is 0 Å². The fourth-order valence-electron chi connectivity index (χ4n) is 4.10. The van der Waals surface area contributed by atoms with Crippen LogP contribution in [0.4, 0.5) is 0 Å². The molecule has 4 rings (SSSR count). The van der Waals surface area contributed by atoms with Crippen molar-refractivity contribution in [2.75, 3.05) is 0 Å². The molecular weight excluding hydrogens is 348 g/mol. The fourth-order valence-corrected chi connectivity index (χ4v) is 4.10. The van der Waals surface area contributed by atoms with Crippen molar-refractivity contribution in [3.05, 3.63) is 35.9 Å². The minimum atomic E-state index is -1.17.